The smallest absolute Gasteiger partial charge is 0.122 e. The van der Waals surface area contributed by atoms with E-state index < -0.39 is 0 Å². The third-order valence-electron chi connectivity index (χ3n) is 5.71. The molecule has 22 heavy (non-hydrogen) atoms. The van der Waals surface area contributed by atoms with Crippen LogP contribution >= 0.6 is 0 Å². The minimum atomic E-state index is 0.429. The number of nitrogens with zero attached hydrogens (tertiary/aromatic N) is 4. The molecule has 2 fully saturated rings. The van der Waals surface area contributed by atoms with Gasteiger partial charge in [-0.25, -0.2) is 4.98 Å². The van der Waals surface area contributed by atoms with Gasteiger partial charge in [0.2, 0.25) is 0 Å². The van der Waals surface area contributed by atoms with Crippen LogP contribution in [-0.2, 0) is 13.6 Å². The molecule has 1 saturated carbocycles. The van der Waals surface area contributed by atoms with Gasteiger partial charge in [-0.05, 0) is 45.8 Å². The summed E-state index contributed by atoms with van der Waals surface area (Å²) in [5, 5.41) is 0. The van der Waals surface area contributed by atoms with Crippen LogP contribution in [0.5, 0.6) is 0 Å². The Morgan fingerprint density at radius 3 is 2.41 bits per heavy atom. The molecule has 0 atom stereocenters. The number of aryl methyl sites for hydroxylation is 1. The average molecular weight is 304 g/mol. The second-order valence-corrected chi connectivity index (χ2v) is 7.46. The van der Waals surface area contributed by atoms with E-state index in [2.05, 4.69) is 33.4 Å². The molecule has 4 heteroatoms. The topological polar surface area (TPSA) is 24.3 Å². The van der Waals surface area contributed by atoms with Crippen LogP contribution in [0.3, 0.4) is 0 Å². The standard InChI is InChI=1S/C18H32N4/c1-20(15-17-19-11-14-21(17)2)16-18(9-5-3-6-10-18)22-12-7-4-8-13-22/h11,14H,3-10,12-13,15-16H2,1-2H3. The molecule has 1 aliphatic carbocycles. The minimum Gasteiger partial charge on any atom is -0.337 e. The van der Waals surface area contributed by atoms with Gasteiger partial charge in [-0.3, -0.25) is 9.80 Å². The normalized spacial score (nSPS) is 23.0. The minimum absolute atomic E-state index is 0.429. The zero-order valence-electron chi connectivity index (χ0n) is 14.4. The van der Waals surface area contributed by atoms with Gasteiger partial charge in [-0.15, -0.1) is 0 Å². The van der Waals surface area contributed by atoms with Crippen molar-refractivity contribution in [3.8, 4) is 0 Å². The lowest BCUT2D eigenvalue weighted by Crippen LogP contribution is -2.57. The molecule has 124 valence electrons. The van der Waals surface area contributed by atoms with Gasteiger partial charge in [0.1, 0.15) is 5.82 Å². The summed E-state index contributed by atoms with van der Waals surface area (Å²) in [6.07, 6.45) is 15.2. The van der Waals surface area contributed by atoms with Crippen LogP contribution in [0.4, 0.5) is 0 Å². The lowest BCUT2D eigenvalue weighted by atomic mass is 9.79. The van der Waals surface area contributed by atoms with Gasteiger partial charge < -0.3 is 4.57 Å². The number of likely N-dealkylation sites (tertiary alicyclic amines) is 1. The summed E-state index contributed by atoms with van der Waals surface area (Å²) in [6, 6.07) is 0. The molecule has 0 unspecified atom stereocenters. The van der Waals surface area contributed by atoms with E-state index in [1.165, 1.54) is 76.8 Å². The van der Waals surface area contributed by atoms with Crippen LogP contribution in [-0.4, -0.2) is 51.6 Å². The first kappa shape index (κ1) is 16.0. The molecule has 0 amide bonds. The molecular formula is C18H32N4. The fraction of sp³-hybridized carbons (Fsp3) is 0.833. The van der Waals surface area contributed by atoms with Gasteiger partial charge >= 0.3 is 0 Å². The number of hydrogen-bond acceptors (Lipinski definition) is 3. The van der Waals surface area contributed by atoms with E-state index in [1.54, 1.807) is 0 Å². The van der Waals surface area contributed by atoms with Crippen LogP contribution in [0.15, 0.2) is 12.4 Å². The Morgan fingerprint density at radius 1 is 1.09 bits per heavy atom. The number of hydrogen-bond donors (Lipinski definition) is 0. The van der Waals surface area contributed by atoms with Gasteiger partial charge in [0.25, 0.3) is 0 Å². The molecule has 1 saturated heterocycles. The molecule has 0 aromatic carbocycles. The first-order chi connectivity index (χ1) is 10.7. The number of likely N-dealkylation sites (N-methyl/N-ethyl adjacent to an activating group) is 1. The van der Waals surface area contributed by atoms with Crippen molar-refractivity contribution in [2.75, 3.05) is 26.7 Å². The molecular weight excluding hydrogens is 272 g/mol. The molecule has 3 rings (SSSR count). The third-order valence-corrected chi connectivity index (χ3v) is 5.71. The molecule has 4 nitrogen and oxygen atoms in total. The monoisotopic (exact) mass is 304 g/mol. The maximum absolute atomic E-state index is 4.49. The first-order valence-electron chi connectivity index (χ1n) is 9.09. The second-order valence-electron chi connectivity index (χ2n) is 7.46. The van der Waals surface area contributed by atoms with E-state index in [4.69, 9.17) is 0 Å². The van der Waals surface area contributed by atoms with Gasteiger partial charge in [-0.1, -0.05) is 25.7 Å². The van der Waals surface area contributed by atoms with Crippen LogP contribution in [0.1, 0.15) is 57.2 Å². The highest BCUT2D eigenvalue weighted by molar-refractivity contribution is 4.98. The van der Waals surface area contributed by atoms with Crippen molar-refractivity contribution in [1.29, 1.82) is 0 Å². The molecule has 2 heterocycles. The maximum Gasteiger partial charge on any atom is 0.122 e. The lowest BCUT2D eigenvalue weighted by Gasteiger charge is -2.50. The average Bonchev–Trinajstić information content (AvgIpc) is 2.94. The third kappa shape index (κ3) is 3.54. The van der Waals surface area contributed by atoms with Crippen molar-refractivity contribution >= 4 is 0 Å². The summed E-state index contributed by atoms with van der Waals surface area (Å²) in [5.74, 6) is 1.17. The van der Waals surface area contributed by atoms with Crippen molar-refractivity contribution < 1.29 is 0 Å². The van der Waals surface area contributed by atoms with E-state index in [1.807, 2.05) is 12.4 Å². The van der Waals surface area contributed by atoms with Crippen LogP contribution in [0.25, 0.3) is 0 Å². The van der Waals surface area contributed by atoms with Crippen molar-refractivity contribution in [2.24, 2.45) is 7.05 Å². The van der Waals surface area contributed by atoms with Gasteiger partial charge in [0, 0.05) is 31.5 Å². The van der Waals surface area contributed by atoms with Gasteiger partial charge in [0.05, 0.1) is 6.54 Å². The Morgan fingerprint density at radius 2 is 1.77 bits per heavy atom. The number of imidazole rings is 1. The van der Waals surface area contributed by atoms with E-state index in [0.717, 1.165) is 6.54 Å². The Bertz CT molecular complexity index is 455. The lowest BCUT2D eigenvalue weighted by molar-refractivity contribution is 0.00730. The zero-order chi connectivity index (χ0) is 15.4. The summed E-state index contributed by atoms with van der Waals surface area (Å²) >= 11 is 0. The summed E-state index contributed by atoms with van der Waals surface area (Å²) < 4.78 is 2.14. The van der Waals surface area contributed by atoms with Crippen molar-refractivity contribution in [1.82, 2.24) is 19.4 Å². The Balaban J connectivity index is 1.67. The fourth-order valence-electron chi connectivity index (χ4n) is 4.50. The number of rotatable bonds is 5. The Kier molecular flexibility index (Phi) is 5.19. The predicted molar refractivity (Wildman–Crippen MR) is 90.8 cm³/mol. The summed E-state index contributed by atoms with van der Waals surface area (Å²) in [6.45, 7) is 4.78. The Labute approximate surface area is 135 Å². The summed E-state index contributed by atoms with van der Waals surface area (Å²) in [5.41, 5.74) is 0.429. The highest BCUT2D eigenvalue weighted by atomic mass is 15.3. The highest BCUT2D eigenvalue weighted by Crippen LogP contribution is 2.36. The molecule has 1 aliphatic heterocycles. The summed E-state index contributed by atoms with van der Waals surface area (Å²) in [7, 11) is 4.37. The molecule has 0 bridgehead atoms. The quantitative estimate of drug-likeness (QED) is 0.835. The maximum atomic E-state index is 4.49. The first-order valence-corrected chi connectivity index (χ1v) is 9.09. The second kappa shape index (κ2) is 7.14. The molecule has 0 radical (unpaired) electrons. The van der Waals surface area contributed by atoms with Crippen molar-refractivity contribution in [2.45, 2.75) is 63.5 Å². The van der Waals surface area contributed by atoms with E-state index >= 15 is 0 Å². The van der Waals surface area contributed by atoms with Gasteiger partial charge in [0.15, 0.2) is 0 Å². The number of aromatic nitrogens is 2. The van der Waals surface area contributed by atoms with Gasteiger partial charge in [-0.2, -0.15) is 0 Å². The predicted octanol–water partition coefficient (Wildman–Crippen LogP) is 3.04. The van der Waals surface area contributed by atoms with E-state index in [9.17, 15) is 0 Å². The zero-order valence-corrected chi connectivity index (χ0v) is 14.4. The molecule has 2 aliphatic rings. The molecule has 0 spiro atoms. The van der Waals surface area contributed by atoms with Crippen LogP contribution < -0.4 is 0 Å². The largest absolute Gasteiger partial charge is 0.337 e. The summed E-state index contributed by atoms with van der Waals surface area (Å²) in [4.78, 5) is 9.83. The van der Waals surface area contributed by atoms with E-state index in [-0.39, 0.29) is 0 Å². The SMILES string of the molecule is CN(Cc1nccn1C)CC1(N2CCCCC2)CCCCC1. The number of piperidine rings is 1. The fourth-order valence-corrected chi connectivity index (χ4v) is 4.50. The van der Waals surface area contributed by atoms with Crippen LogP contribution in [0.2, 0.25) is 0 Å². The van der Waals surface area contributed by atoms with E-state index in [0.29, 0.717) is 5.54 Å². The van der Waals surface area contributed by atoms with Crippen LogP contribution in [0, 0.1) is 0 Å². The van der Waals surface area contributed by atoms with Crippen molar-refractivity contribution in [3.63, 3.8) is 0 Å². The van der Waals surface area contributed by atoms with Crippen molar-refractivity contribution in [3.05, 3.63) is 18.2 Å². The Hall–Kier alpha value is -0.870. The molecule has 1 aromatic rings. The molecule has 1 aromatic heterocycles. The highest BCUT2D eigenvalue weighted by Gasteiger charge is 2.39. The molecule has 0 N–H and O–H groups in total.